The number of para-hydroxylation sites is 2. The van der Waals surface area contributed by atoms with Gasteiger partial charge in [-0.1, -0.05) is 54.6 Å². The fraction of sp³-hybridized carbons (Fsp3) is 0.321. The Morgan fingerprint density at radius 2 is 1.68 bits per heavy atom. The van der Waals surface area contributed by atoms with Crippen molar-refractivity contribution in [1.82, 2.24) is 4.90 Å². The van der Waals surface area contributed by atoms with E-state index >= 15 is 0 Å². The SMILES string of the molecule is O=C(Nc1ccccc1F)c1ccccc1OCC(O)CN1CCC(Cc2ccccc2)CC1. The molecule has 1 aliphatic heterocycles. The van der Waals surface area contributed by atoms with Crippen LogP contribution in [0.2, 0.25) is 0 Å². The molecule has 0 radical (unpaired) electrons. The number of hydrogen-bond donors (Lipinski definition) is 2. The molecule has 1 heterocycles. The van der Waals surface area contributed by atoms with Gasteiger partial charge in [-0.05, 0) is 68.1 Å². The van der Waals surface area contributed by atoms with Crippen LogP contribution in [-0.2, 0) is 6.42 Å². The van der Waals surface area contributed by atoms with Gasteiger partial charge in [-0.2, -0.15) is 0 Å². The minimum Gasteiger partial charge on any atom is -0.490 e. The van der Waals surface area contributed by atoms with Gasteiger partial charge in [-0.15, -0.1) is 0 Å². The van der Waals surface area contributed by atoms with Gasteiger partial charge < -0.3 is 20.1 Å². The predicted octanol–water partition coefficient (Wildman–Crippen LogP) is 4.77. The topological polar surface area (TPSA) is 61.8 Å². The van der Waals surface area contributed by atoms with Crippen molar-refractivity contribution in [2.24, 2.45) is 5.92 Å². The summed E-state index contributed by atoms with van der Waals surface area (Å²) in [6.07, 6.45) is 2.66. The number of ether oxygens (including phenoxy) is 1. The molecule has 1 amide bonds. The van der Waals surface area contributed by atoms with Crippen LogP contribution in [0.25, 0.3) is 0 Å². The average molecular weight is 463 g/mol. The van der Waals surface area contributed by atoms with Gasteiger partial charge in [-0.3, -0.25) is 4.79 Å². The molecule has 0 saturated carbocycles. The Kier molecular flexibility index (Phi) is 8.28. The third-order valence-corrected chi connectivity index (χ3v) is 6.23. The molecule has 0 aliphatic carbocycles. The Balaban J connectivity index is 1.25. The van der Waals surface area contributed by atoms with Crippen molar-refractivity contribution in [3.8, 4) is 5.75 Å². The molecule has 3 aromatic rings. The first-order valence-electron chi connectivity index (χ1n) is 11.8. The van der Waals surface area contributed by atoms with E-state index in [1.165, 1.54) is 17.7 Å². The number of aliphatic hydroxyl groups is 1. The number of likely N-dealkylation sites (tertiary alicyclic amines) is 1. The van der Waals surface area contributed by atoms with Gasteiger partial charge in [0.1, 0.15) is 24.3 Å². The first-order valence-corrected chi connectivity index (χ1v) is 11.8. The lowest BCUT2D eigenvalue weighted by Gasteiger charge is -2.33. The normalized spacial score (nSPS) is 15.6. The zero-order valence-electron chi connectivity index (χ0n) is 19.2. The number of piperidine rings is 1. The quantitative estimate of drug-likeness (QED) is 0.481. The van der Waals surface area contributed by atoms with Crippen molar-refractivity contribution >= 4 is 11.6 Å². The fourth-order valence-corrected chi connectivity index (χ4v) is 4.39. The molecular formula is C28H31FN2O3. The average Bonchev–Trinajstić information content (AvgIpc) is 2.86. The van der Waals surface area contributed by atoms with Crippen LogP contribution in [0.4, 0.5) is 10.1 Å². The highest BCUT2D eigenvalue weighted by Gasteiger charge is 2.22. The molecule has 34 heavy (non-hydrogen) atoms. The summed E-state index contributed by atoms with van der Waals surface area (Å²) in [4.78, 5) is 15.0. The number of halogens is 1. The number of nitrogens with zero attached hydrogens (tertiary/aromatic N) is 1. The van der Waals surface area contributed by atoms with Crippen LogP contribution in [0.15, 0.2) is 78.9 Å². The van der Waals surface area contributed by atoms with E-state index < -0.39 is 17.8 Å². The monoisotopic (exact) mass is 462 g/mol. The van der Waals surface area contributed by atoms with Crippen LogP contribution in [0.3, 0.4) is 0 Å². The van der Waals surface area contributed by atoms with Gasteiger partial charge in [0.2, 0.25) is 0 Å². The molecule has 1 atom stereocenters. The molecule has 1 unspecified atom stereocenters. The first-order chi connectivity index (χ1) is 16.6. The Bertz CT molecular complexity index is 1070. The number of carbonyl (C=O) groups is 1. The van der Waals surface area contributed by atoms with E-state index in [9.17, 15) is 14.3 Å². The lowest BCUT2D eigenvalue weighted by molar-refractivity contribution is 0.0546. The second kappa shape index (κ2) is 11.8. The lowest BCUT2D eigenvalue weighted by Crippen LogP contribution is -2.41. The first kappa shape index (κ1) is 23.9. The van der Waals surface area contributed by atoms with Gasteiger partial charge in [0.05, 0.1) is 11.3 Å². The Morgan fingerprint density at radius 3 is 2.44 bits per heavy atom. The van der Waals surface area contributed by atoms with Crippen LogP contribution in [0.5, 0.6) is 5.75 Å². The summed E-state index contributed by atoms with van der Waals surface area (Å²) in [7, 11) is 0. The van der Waals surface area contributed by atoms with E-state index in [-0.39, 0.29) is 12.3 Å². The Hall–Kier alpha value is -3.22. The van der Waals surface area contributed by atoms with Gasteiger partial charge in [0.25, 0.3) is 5.91 Å². The number of nitrogens with one attached hydrogen (secondary N) is 1. The summed E-state index contributed by atoms with van der Waals surface area (Å²) in [5, 5.41) is 13.1. The summed E-state index contributed by atoms with van der Waals surface area (Å²) in [6.45, 7) is 2.52. The number of carbonyl (C=O) groups excluding carboxylic acids is 1. The van der Waals surface area contributed by atoms with Crippen LogP contribution in [-0.4, -0.2) is 48.3 Å². The second-order valence-corrected chi connectivity index (χ2v) is 8.83. The molecule has 1 fully saturated rings. The molecule has 3 aromatic carbocycles. The molecule has 2 N–H and O–H groups in total. The predicted molar refractivity (Wildman–Crippen MR) is 132 cm³/mol. The van der Waals surface area contributed by atoms with Crippen LogP contribution < -0.4 is 10.1 Å². The zero-order valence-corrected chi connectivity index (χ0v) is 19.2. The number of amides is 1. The molecule has 0 spiro atoms. The van der Waals surface area contributed by atoms with Crippen molar-refractivity contribution < 1.29 is 19.0 Å². The van der Waals surface area contributed by atoms with E-state index in [0.29, 0.717) is 23.8 Å². The number of benzene rings is 3. The second-order valence-electron chi connectivity index (χ2n) is 8.83. The van der Waals surface area contributed by atoms with E-state index in [2.05, 4.69) is 34.5 Å². The van der Waals surface area contributed by atoms with Crippen molar-refractivity contribution in [2.75, 3.05) is 31.6 Å². The van der Waals surface area contributed by atoms with E-state index in [0.717, 1.165) is 32.4 Å². The lowest BCUT2D eigenvalue weighted by atomic mass is 9.90. The molecule has 4 rings (SSSR count). The van der Waals surface area contributed by atoms with Crippen molar-refractivity contribution in [2.45, 2.75) is 25.4 Å². The molecule has 6 heteroatoms. The van der Waals surface area contributed by atoms with Gasteiger partial charge in [-0.25, -0.2) is 4.39 Å². The summed E-state index contributed by atoms with van der Waals surface area (Å²) in [5.74, 6) is 0.0664. The largest absolute Gasteiger partial charge is 0.490 e. The number of hydrogen-bond acceptors (Lipinski definition) is 4. The minimum atomic E-state index is -0.673. The van der Waals surface area contributed by atoms with Crippen molar-refractivity contribution in [3.63, 3.8) is 0 Å². The van der Waals surface area contributed by atoms with Crippen molar-refractivity contribution in [3.05, 3.63) is 95.8 Å². The van der Waals surface area contributed by atoms with Crippen LogP contribution in [0.1, 0.15) is 28.8 Å². The van der Waals surface area contributed by atoms with E-state index in [1.54, 1.807) is 36.4 Å². The van der Waals surface area contributed by atoms with E-state index in [1.807, 2.05) is 6.07 Å². The molecule has 1 saturated heterocycles. The standard InChI is InChI=1S/C28H31FN2O3/c29-25-11-5-6-12-26(25)30-28(33)24-10-4-7-13-27(24)34-20-23(32)19-31-16-14-22(15-17-31)18-21-8-2-1-3-9-21/h1-13,22-23,32H,14-20H2,(H,30,33). The van der Waals surface area contributed by atoms with Gasteiger partial charge >= 0.3 is 0 Å². The summed E-state index contributed by atoms with van der Waals surface area (Å²) < 4.78 is 19.7. The molecule has 0 aromatic heterocycles. The van der Waals surface area contributed by atoms with Crippen molar-refractivity contribution in [1.29, 1.82) is 0 Å². The Morgan fingerprint density at radius 1 is 1.00 bits per heavy atom. The van der Waals surface area contributed by atoms with Gasteiger partial charge in [0, 0.05) is 6.54 Å². The third kappa shape index (κ3) is 6.65. The van der Waals surface area contributed by atoms with Gasteiger partial charge in [0.15, 0.2) is 0 Å². The number of β-amino-alcohol motifs (C(OH)–C–C–N with tert-alkyl or cyclic N) is 1. The van der Waals surface area contributed by atoms with Crippen LogP contribution in [0, 0.1) is 11.7 Å². The summed E-state index contributed by atoms with van der Waals surface area (Å²) >= 11 is 0. The molecular weight excluding hydrogens is 431 g/mol. The summed E-state index contributed by atoms with van der Waals surface area (Å²) in [5.41, 5.74) is 1.78. The number of rotatable bonds is 9. The molecule has 0 bridgehead atoms. The number of anilines is 1. The molecule has 5 nitrogen and oxygen atoms in total. The maximum absolute atomic E-state index is 13.9. The molecule has 178 valence electrons. The highest BCUT2D eigenvalue weighted by Crippen LogP contribution is 2.23. The fourth-order valence-electron chi connectivity index (χ4n) is 4.39. The maximum Gasteiger partial charge on any atom is 0.259 e. The number of aliphatic hydroxyl groups excluding tert-OH is 1. The zero-order chi connectivity index (χ0) is 23.8. The highest BCUT2D eigenvalue weighted by molar-refractivity contribution is 6.06. The highest BCUT2D eigenvalue weighted by atomic mass is 19.1. The molecule has 1 aliphatic rings. The minimum absolute atomic E-state index is 0.0773. The Labute approximate surface area is 200 Å². The van der Waals surface area contributed by atoms with E-state index in [4.69, 9.17) is 4.74 Å². The van der Waals surface area contributed by atoms with Crippen LogP contribution >= 0.6 is 0 Å². The third-order valence-electron chi connectivity index (χ3n) is 6.23. The summed E-state index contributed by atoms with van der Waals surface area (Å²) in [6, 6.07) is 23.4. The maximum atomic E-state index is 13.9. The smallest absolute Gasteiger partial charge is 0.259 e.